The van der Waals surface area contributed by atoms with Gasteiger partial charge in [-0.05, 0) is 55.0 Å². The van der Waals surface area contributed by atoms with E-state index in [1.54, 1.807) is 31.2 Å². The minimum absolute atomic E-state index is 0.0682. The van der Waals surface area contributed by atoms with Crippen LogP contribution in [0.25, 0.3) is 0 Å². The number of aromatic carboxylic acids is 1. The van der Waals surface area contributed by atoms with Crippen LogP contribution >= 0.6 is 0 Å². The summed E-state index contributed by atoms with van der Waals surface area (Å²) in [5.74, 6) is -0.956. The number of anilines is 1. The summed E-state index contributed by atoms with van der Waals surface area (Å²) in [5, 5.41) is 13.1. The summed E-state index contributed by atoms with van der Waals surface area (Å²) in [5.41, 5.74) is 4.76. The number of benzene rings is 2. The average Bonchev–Trinajstić information content (AvgIpc) is 2.53. The number of carboxylic acid groups (broad SMARTS) is 1. The van der Waals surface area contributed by atoms with Crippen molar-refractivity contribution in [3.05, 3.63) is 59.7 Å². The first kappa shape index (κ1) is 16.4. The Labute approximate surface area is 131 Å². The van der Waals surface area contributed by atoms with Gasteiger partial charge in [0.25, 0.3) is 0 Å². The Morgan fingerprint density at radius 2 is 1.87 bits per heavy atom. The van der Waals surface area contributed by atoms with Gasteiger partial charge < -0.3 is 9.84 Å². The van der Waals surface area contributed by atoms with Gasteiger partial charge in [0.1, 0.15) is 5.75 Å². The smallest absolute Gasteiger partial charge is 0.387 e. The lowest BCUT2D eigenvalue weighted by atomic mass is 10.1. The highest BCUT2D eigenvalue weighted by atomic mass is 19.3. The van der Waals surface area contributed by atoms with Gasteiger partial charge in [0.05, 0.1) is 17.0 Å². The zero-order chi connectivity index (χ0) is 16.8. The Morgan fingerprint density at radius 3 is 2.48 bits per heavy atom. The highest BCUT2D eigenvalue weighted by Crippen LogP contribution is 2.16. The lowest BCUT2D eigenvalue weighted by Gasteiger charge is -2.07. The predicted molar refractivity (Wildman–Crippen MR) is 82.3 cm³/mol. The maximum Gasteiger partial charge on any atom is 0.387 e. The maximum absolute atomic E-state index is 12.1. The molecule has 0 aromatic heterocycles. The molecule has 0 bridgehead atoms. The first-order valence-electron chi connectivity index (χ1n) is 6.64. The molecule has 0 heterocycles. The van der Waals surface area contributed by atoms with Crippen molar-refractivity contribution in [3.8, 4) is 5.75 Å². The lowest BCUT2D eigenvalue weighted by molar-refractivity contribution is -0.0498. The standard InChI is InChI=1S/C16H14F2N2O3/c1-10(11-5-7-14(8-6-11)23-16(17)18)19-20-13-4-2-3-12(9-13)15(21)22/h2-9,16,20H,1H3,(H,21,22)/b19-10+. The van der Waals surface area contributed by atoms with Crippen LogP contribution in [0, 0.1) is 0 Å². The van der Waals surface area contributed by atoms with Crippen molar-refractivity contribution in [3.63, 3.8) is 0 Å². The normalized spacial score (nSPS) is 11.4. The number of halogens is 2. The fourth-order valence-electron chi connectivity index (χ4n) is 1.81. The van der Waals surface area contributed by atoms with Crippen LogP contribution in [0.1, 0.15) is 22.8 Å². The minimum atomic E-state index is -2.86. The lowest BCUT2D eigenvalue weighted by Crippen LogP contribution is -2.03. The van der Waals surface area contributed by atoms with Gasteiger partial charge in [-0.15, -0.1) is 0 Å². The molecule has 0 amide bonds. The zero-order valence-electron chi connectivity index (χ0n) is 12.2. The van der Waals surface area contributed by atoms with E-state index >= 15 is 0 Å². The molecule has 2 aromatic carbocycles. The van der Waals surface area contributed by atoms with E-state index in [0.29, 0.717) is 17.0 Å². The molecule has 2 N–H and O–H groups in total. The third-order valence-electron chi connectivity index (χ3n) is 2.96. The number of nitrogens with zero attached hydrogens (tertiary/aromatic N) is 1. The number of carboxylic acids is 1. The number of rotatable bonds is 6. The molecule has 0 radical (unpaired) electrons. The molecule has 0 atom stereocenters. The third-order valence-corrected chi connectivity index (χ3v) is 2.96. The van der Waals surface area contributed by atoms with Crippen molar-refractivity contribution < 1.29 is 23.4 Å². The van der Waals surface area contributed by atoms with Crippen LogP contribution in [0.5, 0.6) is 5.75 Å². The van der Waals surface area contributed by atoms with Crippen LogP contribution in [0.3, 0.4) is 0 Å². The molecule has 0 saturated carbocycles. The highest BCUT2D eigenvalue weighted by molar-refractivity contribution is 5.99. The summed E-state index contributed by atoms with van der Waals surface area (Å²) in [6.07, 6.45) is 0. The minimum Gasteiger partial charge on any atom is -0.478 e. The molecule has 0 saturated heterocycles. The third kappa shape index (κ3) is 4.77. The molecule has 0 aliphatic heterocycles. The number of ether oxygens (including phenoxy) is 1. The Hall–Kier alpha value is -2.96. The van der Waals surface area contributed by atoms with Crippen molar-refractivity contribution in [1.82, 2.24) is 0 Å². The summed E-state index contributed by atoms with van der Waals surface area (Å²) in [6.45, 7) is -1.13. The fourth-order valence-corrected chi connectivity index (χ4v) is 1.81. The molecule has 2 aromatic rings. The predicted octanol–water partition coefficient (Wildman–Crippen LogP) is 3.82. The van der Waals surface area contributed by atoms with Crippen molar-refractivity contribution in [2.75, 3.05) is 5.43 Å². The Balaban J connectivity index is 2.07. The summed E-state index contributed by atoms with van der Waals surface area (Å²) in [7, 11) is 0. The average molecular weight is 320 g/mol. The molecule has 0 spiro atoms. The summed E-state index contributed by atoms with van der Waals surface area (Å²) in [6, 6.07) is 12.3. The SMILES string of the molecule is C/C(=N\Nc1cccc(C(=O)O)c1)c1ccc(OC(F)F)cc1. The maximum atomic E-state index is 12.1. The molecule has 7 heteroatoms. The molecule has 0 unspecified atom stereocenters. The van der Waals surface area contributed by atoms with Gasteiger partial charge in [-0.3, -0.25) is 5.43 Å². The quantitative estimate of drug-likeness (QED) is 0.627. The fraction of sp³-hybridized carbons (Fsp3) is 0.125. The van der Waals surface area contributed by atoms with E-state index in [-0.39, 0.29) is 11.3 Å². The number of alkyl halides is 2. The van der Waals surface area contributed by atoms with E-state index in [4.69, 9.17) is 5.11 Å². The van der Waals surface area contributed by atoms with E-state index < -0.39 is 12.6 Å². The second kappa shape index (κ2) is 7.35. The highest BCUT2D eigenvalue weighted by Gasteiger charge is 2.05. The molecule has 120 valence electrons. The van der Waals surface area contributed by atoms with Crippen molar-refractivity contribution >= 4 is 17.4 Å². The molecule has 0 aliphatic carbocycles. The molecule has 0 aliphatic rings. The number of nitrogens with one attached hydrogen (secondary N) is 1. The summed E-state index contributed by atoms with van der Waals surface area (Å²) in [4.78, 5) is 10.9. The Morgan fingerprint density at radius 1 is 1.17 bits per heavy atom. The molecular weight excluding hydrogens is 306 g/mol. The van der Waals surface area contributed by atoms with Gasteiger partial charge in [0.15, 0.2) is 0 Å². The van der Waals surface area contributed by atoms with Gasteiger partial charge >= 0.3 is 12.6 Å². The van der Waals surface area contributed by atoms with Gasteiger partial charge in [0, 0.05) is 0 Å². The van der Waals surface area contributed by atoms with Crippen molar-refractivity contribution in [1.29, 1.82) is 0 Å². The van der Waals surface area contributed by atoms with Gasteiger partial charge in [0.2, 0.25) is 0 Å². The van der Waals surface area contributed by atoms with Crippen LogP contribution < -0.4 is 10.2 Å². The number of carbonyl (C=O) groups is 1. The monoisotopic (exact) mass is 320 g/mol. The number of hydrogen-bond donors (Lipinski definition) is 2. The van der Waals surface area contributed by atoms with Crippen molar-refractivity contribution in [2.24, 2.45) is 5.10 Å². The van der Waals surface area contributed by atoms with E-state index in [2.05, 4.69) is 15.3 Å². The van der Waals surface area contributed by atoms with Gasteiger partial charge in [-0.1, -0.05) is 6.07 Å². The first-order valence-corrected chi connectivity index (χ1v) is 6.64. The van der Waals surface area contributed by atoms with Crippen LogP contribution in [0.4, 0.5) is 14.5 Å². The first-order chi connectivity index (χ1) is 11.0. The van der Waals surface area contributed by atoms with Crippen LogP contribution in [0.15, 0.2) is 53.6 Å². The van der Waals surface area contributed by atoms with E-state index in [9.17, 15) is 13.6 Å². The molecule has 2 rings (SSSR count). The summed E-state index contributed by atoms with van der Waals surface area (Å²) >= 11 is 0. The second-order valence-electron chi connectivity index (χ2n) is 4.60. The van der Waals surface area contributed by atoms with Crippen LogP contribution in [0.2, 0.25) is 0 Å². The second-order valence-corrected chi connectivity index (χ2v) is 4.60. The Bertz CT molecular complexity index is 716. The van der Waals surface area contributed by atoms with Crippen LogP contribution in [-0.4, -0.2) is 23.4 Å². The Kier molecular flexibility index (Phi) is 5.24. The van der Waals surface area contributed by atoms with E-state index in [0.717, 1.165) is 0 Å². The summed E-state index contributed by atoms with van der Waals surface area (Å²) < 4.78 is 28.4. The van der Waals surface area contributed by atoms with Crippen LogP contribution in [-0.2, 0) is 0 Å². The molecule has 23 heavy (non-hydrogen) atoms. The van der Waals surface area contributed by atoms with E-state index in [1.165, 1.54) is 24.3 Å². The molecular formula is C16H14F2N2O3. The molecule has 5 nitrogen and oxygen atoms in total. The topological polar surface area (TPSA) is 70.9 Å². The number of hydrogen-bond acceptors (Lipinski definition) is 4. The molecule has 0 fully saturated rings. The van der Waals surface area contributed by atoms with Gasteiger partial charge in [-0.25, -0.2) is 4.79 Å². The van der Waals surface area contributed by atoms with E-state index in [1.807, 2.05) is 0 Å². The zero-order valence-corrected chi connectivity index (χ0v) is 12.2. The number of hydrazone groups is 1. The van der Waals surface area contributed by atoms with Crippen molar-refractivity contribution in [2.45, 2.75) is 13.5 Å². The largest absolute Gasteiger partial charge is 0.478 e. The van der Waals surface area contributed by atoms with Gasteiger partial charge in [-0.2, -0.15) is 13.9 Å².